The third-order valence-electron chi connectivity index (χ3n) is 2.49. The van der Waals surface area contributed by atoms with Crippen molar-refractivity contribution in [3.05, 3.63) is 48.1 Å². The molecule has 0 aliphatic heterocycles. The van der Waals surface area contributed by atoms with Crippen LogP contribution in [0.15, 0.2) is 34.1 Å². The Hall–Kier alpha value is -0.400. The van der Waals surface area contributed by atoms with E-state index in [2.05, 4.69) is 45.4 Å². The Labute approximate surface area is 138 Å². The molecule has 19 heavy (non-hydrogen) atoms. The Balaban J connectivity index is 2.22. The van der Waals surface area contributed by atoms with Crippen molar-refractivity contribution < 1.29 is 9.53 Å². The smallest absolute Gasteiger partial charge is 0.193 e. The van der Waals surface area contributed by atoms with E-state index in [-0.39, 0.29) is 5.78 Å². The van der Waals surface area contributed by atoms with Crippen molar-refractivity contribution in [2.45, 2.75) is 13.3 Å². The standard InChI is InChI=1S/C14H12BrIO2S/c1-2-5-18-12-4-3-9(6-11(12)15)14(17)10-7-13(16)19-8-10/h3-4,6-8H,2,5H2,1H3. The molecule has 1 aromatic heterocycles. The maximum atomic E-state index is 12.3. The summed E-state index contributed by atoms with van der Waals surface area (Å²) in [6.07, 6.45) is 0.959. The van der Waals surface area contributed by atoms with Gasteiger partial charge in [-0.3, -0.25) is 4.79 Å². The van der Waals surface area contributed by atoms with Crippen molar-refractivity contribution >= 4 is 55.6 Å². The average Bonchev–Trinajstić information content (AvgIpc) is 2.83. The lowest BCUT2D eigenvalue weighted by Crippen LogP contribution is -2.01. The van der Waals surface area contributed by atoms with Gasteiger partial charge in [0, 0.05) is 16.5 Å². The van der Waals surface area contributed by atoms with Gasteiger partial charge in [-0.1, -0.05) is 6.92 Å². The zero-order valence-corrected chi connectivity index (χ0v) is 14.8. The van der Waals surface area contributed by atoms with Crippen molar-refractivity contribution in [1.82, 2.24) is 0 Å². The van der Waals surface area contributed by atoms with Gasteiger partial charge >= 0.3 is 0 Å². The number of carbonyl (C=O) groups is 1. The Morgan fingerprint density at radius 3 is 2.74 bits per heavy atom. The first kappa shape index (κ1) is 15.0. The molecule has 0 radical (unpaired) electrons. The van der Waals surface area contributed by atoms with Crippen LogP contribution in [0.3, 0.4) is 0 Å². The topological polar surface area (TPSA) is 26.3 Å². The van der Waals surface area contributed by atoms with E-state index in [1.54, 1.807) is 11.3 Å². The van der Waals surface area contributed by atoms with E-state index in [4.69, 9.17) is 4.74 Å². The first-order valence-electron chi connectivity index (χ1n) is 5.83. The summed E-state index contributed by atoms with van der Waals surface area (Å²) in [4.78, 5) is 12.3. The number of ketones is 1. The van der Waals surface area contributed by atoms with Crippen molar-refractivity contribution in [3.63, 3.8) is 0 Å². The zero-order valence-electron chi connectivity index (χ0n) is 10.3. The fraction of sp³-hybridized carbons (Fsp3) is 0.214. The van der Waals surface area contributed by atoms with E-state index in [1.807, 2.05) is 29.6 Å². The summed E-state index contributed by atoms with van der Waals surface area (Å²) >= 11 is 7.24. The molecule has 0 saturated carbocycles. The van der Waals surface area contributed by atoms with Crippen molar-refractivity contribution in [2.24, 2.45) is 0 Å². The lowest BCUT2D eigenvalue weighted by Gasteiger charge is -2.08. The zero-order chi connectivity index (χ0) is 13.8. The van der Waals surface area contributed by atoms with Crippen LogP contribution in [0, 0.1) is 2.88 Å². The van der Waals surface area contributed by atoms with Gasteiger partial charge in [0.05, 0.1) is 14.0 Å². The molecule has 0 N–H and O–H groups in total. The number of benzene rings is 1. The Morgan fingerprint density at radius 1 is 1.37 bits per heavy atom. The second kappa shape index (κ2) is 6.85. The molecule has 5 heteroatoms. The first-order valence-corrected chi connectivity index (χ1v) is 8.58. The van der Waals surface area contributed by atoms with Crippen LogP contribution in [0.2, 0.25) is 0 Å². The molecule has 2 nitrogen and oxygen atoms in total. The predicted molar refractivity (Wildman–Crippen MR) is 90.4 cm³/mol. The summed E-state index contributed by atoms with van der Waals surface area (Å²) in [6, 6.07) is 7.37. The minimum atomic E-state index is 0.0434. The van der Waals surface area contributed by atoms with Crippen molar-refractivity contribution in [3.8, 4) is 5.75 Å². The van der Waals surface area contributed by atoms with E-state index >= 15 is 0 Å². The maximum absolute atomic E-state index is 12.3. The van der Waals surface area contributed by atoms with Gasteiger partial charge in [0.15, 0.2) is 5.78 Å². The molecule has 0 spiro atoms. The van der Waals surface area contributed by atoms with Crippen molar-refractivity contribution in [1.29, 1.82) is 0 Å². The number of rotatable bonds is 5. The molecule has 0 aliphatic carbocycles. The highest BCUT2D eigenvalue weighted by Gasteiger charge is 2.13. The Morgan fingerprint density at radius 2 is 2.16 bits per heavy atom. The summed E-state index contributed by atoms with van der Waals surface area (Å²) in [5.74, 6) is 0.820. The number of thiophene rings is 1. The van der Waals surface area contributed by atoms with Crippen LogP contribution in [0.4, 0.5) is 0 Å². The van der Waals surface area contributed by atoms with E-state index in [0.29, 0.717) is 12.2 Å². The van der Waals surface area contributed by atoms with Gasteiger partial charge in [-0.2, -0.15) is 0 Å². The van der Waals surface area contributed by atoms with Crippen LogP contribution >= 0.6 is 49.9 Å². The van der Waals surface area contributed by atoms with Crippen LogP contribution in [-0.2, 0) is 0 Å². The van der Waals surface area contributed by atoms with Crippen LogP contribution in [0.25, 0.3) is 0 Å². The lowest BCUT2D eigenvalue weighted by atomic mass is 10.1. The Bertz CT molecular complexity index is 595. The molecule has 2 rings (SSSR count). The maximum Gasteiger partial charge on any atom is 0.193 e. The third-order valence-corrected chi connectivity index (χ3v) is 4.89. The first-order chi connectivity index (χ1) is 9.11. The molecule has 0 atom stereocenters. The van der Waals surface area contributed by atoms with Crippen LogP contribution in [0.1, 0.15) is 29.3 Å². The van der Waals surface area contributed by atoms with Gasteiger partial charge in [0.25, 0.3) is 0 Å². The van der Waals surface area contributed by atoms with E-state index < -0.39 is 0 Å². The molecular weight excluding hydrogens is 439 g/mol. The molecule has 0 fully saturated rings. The Kier molecular flexibility index (Phi) is 5.41. The fourth-order valence-electron chi connectivity index (χ4n) is 1.57. The summed E-state index contributed by atoms with van der Waals surface area (Å²) in [6.45, 7) is 2.73. The highest BCUT2D eigenvalue weighted by Crippen LogP contribution is 2.28. The van der Waals surface area contributed by atoms with Gasteiger partial charge in [0.2, 0.25) is 0 Å². The largest absolute Gasteiger partial charge is 0.492 e. The van der Waals surface area contributed by atoms with Crippen LogP contribution in [0.5, 0.6) is 5.75 Å². The molecule has 1 aromatic carbocycles. The highest BCUT2D eigenvalue weighted by molar-refractivity contribution is 14.1. The molecule has 0 amide bonds. The number of halogens is 2. The summed E-state index contributed by atoms with van der Waals surface area (Å²) in [5.41, 5.74) is 1.41. The van der Waals surface area contributed by atoms with Crippen LogP contribution in [-0.4, -0.2) is 12.4 Å². The SMILES string of the molecule is CCCOc1ccc(C(=O)c2csc(I)c2)cc1Br. The predicted octanol–water partition coefficient (Wildman–Crippen LogP) is 5.14. The van der Waals surface area contributed by atoms with Gasteiger partial charge in [-0.05, 0) is 69.2 Å². The molecule has 2 aromatic rings. The van der Waals surface area contributed by atoms with Gasteiger partial charge in [0.1, 0.15) is 5.75 Å². The fourth-order valence-corrected chi connectivity index (χ4v) is 3.39. The lowest BCUT2D eigenvalue weighted by molar-refractivity contribution is 0.103. The molecule has 0 saturated heterocycles. The van der Waals surface area contributed by atoms with E-state index in [0.717, 1.165) is 25.1 Å². The van der Waals surface area contributed by atoms with Gasteiger partial charge < -0.3 is 4.74 Å². The van der Waals surface area contributed by atoms with Gasteiger partial charge in [-0.25, -0.2) is 0 Å². The monoisotopic (exact) mass is 450 g/mol. The molecule has 0 unspecified atom stereocenters. The molecule has 0 bridgehead atoms. The molecule has 100 valence electrons. The summed E-state index contributed by atoms with van der Waals surface area (Å²) in [5, 5.41) is 1.89. The summed E-state index contributed by atoms with van der Waals surface area (Å²) < 4.78 is 7.50. The quantitative estimate of drug-likeness (QED) is 0.466. The summed E-state index contributed by atoms with van der Waals surface area (Å²) in [7, 11) is 0. The number of hydrogen-bond donors (Lipinski definition) is 0. The second-order valence-corrected chi connectivity index (χ2v) is 7.62. The number of carbonyl (C=O) groups excluding carboxylic acids is 1. The number of ether oxygens (including phenoxy) is 1. The number of hydrogen-bond acceptors (Lipinski definition) is 3. The van der Waals surface area contributed by atoms with Crippen LogP contribution < -0.4 is 4.74 Å². The molecule has 0 aliphatic rings. The van der Waals surface area contributed by atoms with E-state index in [9.17, 15) is 4.79 Å². The normalized spacial score (nSPS) is 10.5. The third kappa shape index (κ3) is 3.79. The minimum absolute atomic E-state index is 0.0434. The average molecular weight is 451 g/mol. The molecule has 1 heterocycles. The molecular formula is C14H12BrIO2S. The minimum Gasteiger partial charge on any atom is -0.492 e. The highest BCUT2D eigenvalue weighted by atomic mass is 127. The second-order valence-electron chi connectivity index (χ2n) is 3.96. The van der Waals surface area contributed by atoms with Crippen molar-refractivity contribution in [2.75, 3.05) is 6.61 Å². The van der Waals surface area contributed by atoms with E-state index in [1.165, 1.54) is 0 Å². The van der Waals surface area contributed by atoms with Gasteiger partial charge in [-0.15, -0.1) is 11.3 Å².